The minimum Gasteiger partial charge on any atom is -0.465 e. The van der Waals surface area contributed by atoms with Crippen molar-refractivity contribution in [2.45, 2.75) is 63.7 Å². The lowest BCUT2D eigenvalue weighted by molar-refractivity contribution is 0.188. The Morgan fingerprint density at radius 3 is 2.57 bits per heavy atom. The Labute approximate surface area is 229 Å². The molecule has 1 amide bonds. The summed E-state index contributed by atoms with van der Waals surface area (Å²) in [6.07, 6.45) is 3.46. The molecule has 0 bridgehead atoms. The van der Waals surface area contributed by atoms with Crippen molar-refractivity contribution >= 4 is 51.9 Å². The maximum Gasteiger partial charge on any atom is 0.410 e. The number of hydrogen-bond donors (Lipinski definition) is 3. The maximum atomic E-state index is 12.8. The van der Waals surface area contributed by atoms with Gasteiger partial charge in [-0.2, -0.15) is 5.26 Å². The summed E-state index contributed by atoms with van der Waals surface area (Å²) in [7, 11) is -1.15. The smallest absolute Gasteiger partial charge is 0.410 e. The standard InChI is InChI=1S/C25H30Cl2N6O3S/c1-24(2,3)37(36)32-18-8-5-9-25(18)10-12-33(13-11-25)22-17(14-28)29-20(21(30-22)31-23(34)35)15-6-4-7-16(26)19(15)27/h4,6-7,18,32H,5,8-13H2,1-3H3,(H,30,31)(H,34,35)/t18-,37?/m1/s1. The van der Waals surface area contributed by atoms with Crippen LogP contribution in [-0.2, 0) is 11.0 Å². The number of rotatable bonds is 5. The number of amides is 1. The highest BCUT2D eigenvalue weighted by Gasteiger charge is 2.46. The van der Waals surface area contributed by atoms with Crippen LogP contribution in [0.15, 0.2) is 18.2 Å². The molecule has 0 radical (unpaired) electrons. The normalized spacial score (nSPS) is 20.0. The molecule has 4 rings (SSSR count). The summed E-state index contributed by atoms with van der Waals surface area (Å²) < 4.78 is 15.9. The van der Waals surface area contributed by atoms with Gasteiger partial charge in [-0.25, -0.2) is 23.7 Å². The summed E-state index contributed by atoms with van der Waals surface area (Å²) in [5, 5.41) is 22.1. The van der Waals surface area contributed by atoms with E-state index in [0.29, 0.717) is 24.5 Å². The molecule has 2 fully saturated rings. The highest BCUT2D eigenvalue weighted by molar-refractivity contribution is 7.84. The van der Waals surface area contributed by atoms with E-state index in [1.165, 1.54) is 0 Å². The first-order valence-electron chi connectivity index (χ1n) is 12.1. The highest BCUT2D eigenvalue weighted by Crippen LogP contribution is 2.47. The van der Waals surface area contributed by atoms with Gasteiger partial charge in [0, 0.05) is 24.7 Å². The molecular formula is C25H30Cl2N6O3S. The van der Waals surface area contributed by atoms with Crippen LogP contribution in [0.25, 0.3) is 11.3 Å². The number of nitriles is 1. The molecule has 1 aliphatic carbocycles. The summed E-state index contributed by atoms with van der Waals surface area (Å²) >= 11 is 12.5. The van der Waals surface area contributed by atoms with Gasteiger partial charge in [-0.15, -0.1) is 0 Å². The Balaban J connectivity index is 1.63. The molecule has 2 aliphatic rings. The first-order chi connectivity index (χ1) is 17.4. The monoisotopic (exact) mass is 564 g/mol. The SMILES string of the molecule is CC(C)(C)S(=O)N[C@@H]1CCCC12CCN(c1nc(NC(=O)O)c(-c3cccc(Cl)c3Cl)nc1C#N)CC2. The van der Waals surface area contributed by atoms with E-state index in [-0.39, 0.29) is 43.5 Å². The van der Waals surface area contributed by atoms with Crippen molar-refractivity contribution in [3.63, 3.8) is 0 Å². The fourth-order valence-electron chi connectivity index (χ4n) is 5.18. The Kier molecular flexibility index (Phi) is 8.00. The van der Waals surface area contributed by atoms with E-state index in [4.69, 9.17) is 23.2 Å². The van der Waals surface area contributed by atoms with Gasteiger partial charge in [0.25, 0.3) is 0 Å². The molecule has 3 N–H and O–H groups in total. The van der Waals surface area contributed by atoms with Crippen LogP contribution in [0, 0.1) is 16.7 Å². The second-order valence-corrected chi connectivity index (χ2v) is 13.3. The topological polar surface area (TPSA) is 131 Å². The second kappa shape index (κ2) is 10.7. The first kappa shape index (κ1) is 27.6. The van der Waals surface area contributed by atoms with Gasteiger partial charge in [0.15, 0.2) is 17.3 Å². The number of carboxylic acid groups (broad SMARTS) is 1. The van der Waals surface area contributed by atoms with Crippen LogP contribution in [0.1, 0.15) is 58.6 Å². The van der Waals surface area contributed by atoms with E-state index in [0.717, 1.165) is 32.1 Å². The van der Waals surface area contributed by atoms with Gasteiger partial charge >= 0.3 is 6.09 Å². The van der Waals surface area contributed by atoms with Crippen molar-refractivity contribution in [2.24, 2.45) is 5.41 Å². The summed E-state index contributed by atoms with van der Waals surface area (Å²) in [4.78, 5) is 22.6. The van der Waals surface area contributed by atoms with Crippen molar-refractivity contribution in [2.75, 3.05) is 23.3 Å². The highest BCUT2D eigenvalue weighted by atomic mass is 35.5. The predicted molar refractivity (Wildman–Crippen MR) is 146 cm³/mol. The number of benzene rings is 1. The third-order valence-electron chi connectivity index (χ3n) is 7.19. The van der Waals surface area contributed by atoms with Crippen molar-refractivity contribution in [3.8, 4) is 17.3 Å². The van der Waals surface area contributed by atoms with Gasteiger partial charge in [-0.3, -0.25) is 5.32 Å². The lowest BCUT2D eigenvalue weighted by Gasteiger charge is -2.44. The number of nitrogens with zero attached hydrogens (tertiary/aromatic N) is 4. The minimum atomic E-state index is -1.31. The Morgan fingerprint density at radius 1 is 1.24 bits per heavy atom. The molecular weight excluding hydrogens is 535 g/mol. The number of nitrogens with one attached hydrogen (secondary N) is 2. The number of piperidine rings is 1. The molecule has 1 unspecified atom stereocenters. The molecule has 1 aromatic carbocycles. The number of aromatic nitrogens is 2. The molecule has 1 spiro atoms. The van der Waals surface area contributed by atoms with Gasteiger partial charge in [0.2, 0.25) is 0 Å². The third kappa shape index (κ3) is 5.70. The summed E-state index contributed by atoms with van der Waals surface area (Å²) in [6, 6.07) is 7.19. The molecule has 1 aliphatic heterocycles. The molecule has 2 atom stereocenters. The van der Waals surface area contributed by atoms with E-state index in [9.17, 15) is 19.4 Å². The van der Waals surface area contributed by atoms with Crippen molar-refractivity contribution < 1.29 is 14.1 Å². The van der Waals surface area contributed by atoms with Gasteiger partial charge in [0.1, 0.15) is 11.8 Å². The average Bonchev–Trinajstić information content (AvgIpc) is 3.21. The Hall–Kier alpha value is -2.45. The fraction of sp³-hybridized carbons (Fsp3) is 0.520. The van der Waals surface area contributed by atoms with Crippen LogP contribution < -0.4 is 14.9 Å². The lowest BCUT2D eigenvalue weighted by atomic mass is 9.74. The lowest BCUT2D eigenvalue weighted by Crippen LogP contribution is -2.51. The third-order valence-corrected chi connectivity index (χ3v) is 9.62. The molecule has 37 heavy (non-hydrogen) atoms. The minimum absolute atomic E-state index is 0.0214. The molecule has 2 aromatic rings. The van der Waals surface area contributed by atoms with Gasteiger partial charge in [0.05, 0.1) is 25.8 Å². The molecule has 2 heterocycles. The zero-order valence-electron chi connectivity index (χ0n) is 21.0. The largest absolute Gasteiger partial charge is 0.465 e. The maximum absolute atomic E-state index is 12.8. The fourth-order valence-corrected chi connectivity index (χ4v) is 6.55. The second-order valence-electron chi connectivity index (χ2n) is 10.5. The molecule has 12 heteroatoms. The number of hydrogen-bond acceptors (Lipinski definition) is 6. The molecule has 9 nitrogen and oxygen atoms in total. The van der Waals surface area contributed by atoms with Gasteiger partial charge in [-0.1, -0.05) is 41.8 Å². The van der Waals surface area contributed by atoms with E-state index < -0.39 is 17.1 Å². The van der Waals surface area contributed by atoms with Crippen molar-refractivity contribution in [1.29, 1.82) is 5.26 Å². The van der Waals surface area contributed by atoms with Crippen LogP contribution in [-0.4, -0.2) is 49.3 Å². The first-order valence-corrected chi connectivity index (χ1v) is 14.1. The Bertz CT molecular complexity index is 1270. The van der Waals surface area contributed by atoms with E-state index in [2.05, 4.69) is 26.1 Å². The zero-order chi connectivity index (χ0) is 27.0. The van der Waals surface area contributed by atoms with Crippen LogP contribution in [0.5, 0.6) is 0 Å². The number of halogens is 2. The van der Waals surface area contributed by atoms with Crippen LogP contribution in [0.2, 0.25) is 10.0 Å². The van der Waals surface area contributed by atoms with Gasteiger partial charge in [-0.05, 0) is 57.9 Å². The zero-order valence-corrected chi connectivity index (χ0v) is 23.3. The quantitative estimate of drug-likeness (QED) is 0.430. The van der Waals surface area contributed by atoms with Gasteiger partial charge < -0.3 is 10.0 Å². The van der Waals surface area contributed by atoms with E-state index >= 15 is 0 Å². The molecule has 1 aromatic heterocycles. The van der Waals surface area contributed by atoms with Crippen LogP contribution in [0.3, 0.4) is 0 Å². The van der Waals surface area contributed by atoms with Crippen molar-refractivity contribution in [3.05, 3.63) is 33.9 Å². The van der Waals surface area contributed by atoms with Crippen LogP contribution in [0.4, 0.5) is 16.4 Å². The van der Waals surface area contributed by atoms with E-state index in [1.807, 2.05) is 25.7 Å². The predicted octanol–water partition coefficient (Wildman–Crippen LogP) is 5.60. The average molecular weight is 566 g/mol. The summed E-state index contributed by atoms with van der Waals surface area (Å²) in [5.74, 6) is 0.302. The number of anilines is 2. The van der Waals surface area contributed by atoms with Crippen LogP contribution >= 0.6 is 23.2 Å². The molecule has 1 saturated carbocycles. The summed E-state index contributed by atoms with van der Waals surface area (Å²) in [5.41, 5.74) is 0.604. The summed E-state index contributed by atoms with van der Waals surface area (Å²) in [6.45, 7) is 7.13. The number of carbonyl (C=O) groups is 1. The van der Waals surface area contributed by atoms with E-state index in [1.54, 1.807) is 18.2 Å². The molecule has 1 saturated heterocycles. The van der Waals surface area contributed by atoms with Crippen molar-refractivity contribution in [1.82, 2.24) is 14.7 Å². The molecule has 198 valence electrons. The Morgan fingerprint density at radius 2 is 1.95 bits per heavy atom.